The molecule has 4 aliphatic rings. The molecule has 0 saturated heterocycles. The maximum Gasteiger partial charge on any atom is 0.318 e. The summed E-state index contributed by atoms with van der Waals surface area (Å²) in [5, 5.41) is 24.5. The Hall–Kier alpha value is -9.66. The fourth-order valence-electron chi connectivity index (χ4n) is 10.8. The molecule has 0 aliphatic carbocycles. The maximum atomic E-state index is 13.6. The van der Waals surface area contributed by atoms with Gasteiger partial charge in [0.2, 0.25) is 11.8 Å². The third-order valence-corrected chi connectivity index (χ3v) is 15.5. The van der Waals surface area contributed by atoms with E-state index in [4.69, 9.17) is 9.98 Å². The molecule has 0 fully saturated rings. The molecule has 5 aromatic rings. The molecule has 2 atom stereocenters. The molecule has 20 heteroatoms. The Bertz CT molecular complexity index is 3550. The van der Waals surface area contributed by atoms with Gasteiger partial charge in [-0.3, -0.25) is 29.2 Å². The monoisotopic (exact) mass is 1180 g/mol. The molecule has 87 heavy (non-hydrogen) atoms. The third kappa shape index (κ3) is 16.0. The number of hydrogen-bond acceptors (Lipinski definition) is 12. The molecule has 1 unspecified atom stereocenters. The summed E-state index contributed by atoms with van der Waals surface area (Å²) in [7, 11) is 7.83. The van der Waals surface area contributed by atoms with Crippen LogP contribution < -0.4 is 42.5 Å². The molecule has 9 rings (SSSR count). The van der Waals surface area contributed by atoms with Gasteiger partial charge in [0.05, 0.1) is 43.3 Å². The average Bonchev–Trinajstić information content (AvgIpc) is 1.63. The summed E-state index contributed by atoms with van der Waals surface area (Å²) in [6.07, 6.45) is 5.25. The summed E-state index contributed by atoms with van der Waals surface area (Å²) in [4.78, 5) is 93.3. The van der Waals surface area contributed by atoms with Crippen LogP contribution >= 0.6 is 0 Å². The van der Waals surface area contributed by atoms with Gasteiger partial charge in [0.25, 0.3) is 11.8 Å². The molecule has 4 heterocycles. The molecule has 0 saturated carbocycles. The van der Waals surface area contributed by atoms with Crippen LogP contribution in [0.25, 0.3) is 0 Å². The van der Waals surface area contributed by atoms with Gasteiger partial charge < -0.3 is 62.1 Å². The van der Waals surface area contributed by atoms with Crippen molar-refractivity contribution in [3.63, 3.8) is 0 Å². The van der Waals surface area contributed by atoms with E-state index in [1.165, 1.54) is 12.2 Å². The number of nitrogens with one attached hydrogen (secondary N) is 8. The highest BCUT2D eigenvalue weighted by molar-refractivity contribution is 6.13. The second kappa shape index (κ2) is 28.0. The Morgan fingerprint density at radius 2 is 1.03 bits per heavy atom. The number of rotatable bonds is 18. The fourth-order valence-corrected chi connectivity index (χ4v) is 10.8. The Morgan fingerprint density at radius 3 is 1.48 bits per heavy atom. The first kappa shape index (κ1) is 63.4. The SMILES string of the molecule is C=CC(=O)Nc1ccc(C(=O)Nc2cccc(NC3=NCC4=C3CN(C(=O)NC(C)CN(C)C)C4(C)C)c2)cc1.CC[C@@H](NC(=O)N1CC2=C(CN=C2Nc2cccc(NC(=O)c3ccc(NC(=O)/C=C/CN(C)C)cc3)c2)C1(C)C)c1ccccc1. The Morgan fingerprint density at radius 1 is 0.575 bits per heavy atom. The van der Waals surface area contributed by atoms with E-state index in [0.29, 0.717) is 66.6 Å². The number of benzene rings is 5. The molecule has 20 nitrogen and oxygen atoms in total. The lowest BCUT2D eigenvalue weighted by Crippen LogP contribution is -2.53. The number of anilines is 6. The van der Waals surface area contributed by atoms with Crippen molar-refractivity contribution in [1.82, 2.24) is 30.2 Å². The number of aliphatic imine (C=N–C) groups is 2. The van der Waals surface area contributed by atoms with Crippen molar-refractivity contribution in [2.45, 2.75) is 71.1 Å². The van der Waals surface area contributed by atoms with Crippen LogP contribution in [0.4, 0.5) is 43.7 Å². The normalized spacial score (nSPS) is 16.0. The molecule has 0 aromatic heterocycles. The van der Waals surface area contributed by atoms with Crippen molar-refractivity contribution in [2.24, 2.45) is 9.98 Å². The lowest BCUT2D eigenvalue weighted by Gasteiger charge is -2.35. The van der Waals surface area contributed by atoms with E-state index in [1.807, 2.05) is 134 Å². The van der Waals surface area contributed by atoms with Gasteiger partial charge in [-0.25, -0.2) is 9.59 Å². The van der Waals surface area contributed by atoms with Gasteiger partial charge in [-0.05, 0) is 177 Å². The van der Waals surface area contributed by atoms with Crippen molar-refractivity contribution in [3.05, 3.63) is 191 Å². The summed E-state index contributed by atoms with van der Waals surface area (Å²) in [5.41, 5.74) is 9.32. The highest BCUT2D eigenvalue weighted by Gasteiger charge is 2.47. The minimum Gasteiger partial charge on any atom is -0.340 e. The number of carbonyl (C=O) groups excluding carboxylic acids is 6. The van der Waals surface area contributed by atoms with Gasteiger partial charge in [-0.2, -0.15) is 0 Å². The van der Waals surface area contributed by atoms with Crippen molar-refractivity contribution in [2.75, 3.05) is 99.4 Å². The van der Waals surface area contributed by atoms with Gasteiger partial charge in [0.1, 0.15) is 11.7 Å². The maximum absolute atomic E-state index is 13.6. The average molecular weight is 1180 g/mol. The van der Waals surface area contributed by atoms with Crippen molar-refractivity contribution in [3.8, 4) is 0 Å². The molecule has 454 valence electrons. The van der Waals surface area contributed by atoms with Gasteiger partial charge in [0.15, 0.2) is 0 Å². The summed E-state index contributed by atoms with van der Waals surface area (Å²) < 4.78 is 0. The molecule has 8 N–H and O–H groups in total. The van der Waals surface area contributed by atoms with Crippen molar-refractivity contribution < 1.29 is 28.8 Å². The minimum absolute atomic E-state index is 0.0222. The zero-order chi connectivity index (χ0) is 62.6. The highest BCUT2D eigenvalue weighted by atomic mass is 16.2. The highest BCUT2D eigenvalue weighted by Crippen LogP contribution is 2.40. The summed E-state index contributed by atoms with van der Waals surface area (Å²) in [5.74, 6) is 0.381. The predicted octanol–water partition coefficient (Wildman–Crippen LogP) is 10.0. The first-order valence-electron chi connectivity index (χ1n) is 29.1. The summed E-state index contributed by atoms with van der Waals surface area (Å²) >= 11 is 0. The number of urea groups is 2. The first-order chi connectivity index (χ1) is 41.5. The van der Waals surface area contributed by atoms with Gasteiger partial charge in [-0.1, -0.05) is 62.0 Å². The number of likely N-dealkylation sites (N-methyl/N-ethyl adjacent to an activating group) is 2. The van der Waals surface area contributed by atoms with Crippen LogP contribution in [0.2, 0.25) is 0 Å². The molecule has 0 spiro atoms. The van der Waals surface area contributed by atoms with Crippen LogP contribution in [0, 0.1) is 0 Å². The van der Waals surface area contributed by atoms with Crippen LogP contribution in [0.3, 0.4) is 0 Å². The van der Waals surface area contributed by atoms with Crippen LogP contribution in [-0.2, 0) is 9.59 Å². The van der Waals surface area contributed by atoms with E-state index < -0.39 is 11.1 Å². The third-order valence-electron chi connectivity index (χ3n) is 15.5. The minimum atomic E-state index is -0.488. The molecular weight excluding hydrogens is 1100 g/mol. The van der Waals surface area contributed by atoms with E-state index in [-0.39, 0.29) is 47.8 Å². The van der Waals surface area contributed by atoms with E-state index >= 15 is 0 Å². The number of amidine groups is 2. The zero-order valence-electron chi connectivity index (χ0n) is 51.3. The number of carbonyl (C=O) groups is 6. The summed E-state index contributed by atoms with van der Waals surface area (Å²) in [6.45, 7) is 19.1. The van der Waals surface area contributed by atoms with Crippen LogP contribution in [-0.4, -0.2) is 152 Å². The molecule has 4 aliphatic heterocycles. The second-order valence-electron chi connectivity index (χ2n) is 23.3. The quantitative estimate of drug-likeness (QED) is 0.0387. The Balaban J connectivity index is 0.000000229. The van der Waals surface area contributed by atoms with E-state index in [2.05, 4.69) is 83.7 Å². The largest absolute Gasteiger partial charge is 0.340 e. The lowest BCUT2D eigenvalue weighted by atomic mass is 9.94. The molecular formula is C67H80N14O6. The second-order valence-corrected chi connectivity index (χ2v) is 23.3. The molecule has 5 aromatic carbocycles. The van der Waals surface area contributed by atoms with Crippen LogP contribution in [0.15, 0.2) is 184 Å². The van der Waals surface area contributed by atoms with Gasteiger partial charge >= 0.3 is 12.1 Å². The van der Waals surface area contributed by atoms with Crippen LogP contribution in [0.1, 0.15) is 80.3 Å². The van der Waals surface area contributed by atoms with Crippen molar-refractivity contribution >= 4 is 81.5 Å². The summed E-state index contributed by atoms with van der Waals surface area (Å²) in [6, 6.07) is 38.0. The smallest absolute Gasteiger partial charge is 0.318 e. The van der Waals surface area contributed by atoms with Crippen LogP contribution in [0.5, 0.6) is 0 Å². The van der Waals surface area contributed by atoms with E-state index in [9.17, 15) is 28.8 Å². The predicted molar refractivity (Wildman–Crippen MR) is 349 cm³/mol. The van der Waals surface area contributed by atoms with E-state index in [1.54, 1.807) is 54.6 Å². The fraction of sp³-hybridized carbons (Fsp3) is 0.313. The van der Waals surface area contributed by atoms with E-state index in [0.717, 1.165) is 63.9 Å². The number of nitrogens with zero attached hydrogens (tertiary/aromatic N) is 6. The standard InChI is InChI=1S/C37H43N7O3.C30H37N7O3/c1-6-32(25-12-8-7-9-13-25)42-36(47)44-24-30-31(37(44,2)3)23-38-34(30)40-28-14-10-15-29(22-28)41-35(46)26-17-19-27(20-18-26)39-33(45)16-11-21-43(4)5;1-7-26(38)33-21-13-11-20(12-14-21)28(39)35-23-10-8-9-22(15-23)34-27-24-18-37(30(3,4)25(24)16-31-27)29(40)32-19(2)17-36(5)6/h7-20,22,32H,6,21,23-24H2,1-5H3,(H,38,40)(H,39,45)(H,41,46)(H,42,47);7-15,19H,1,16-18H2,2-6H3,(H,31,34)(H,32,40)(H,33,38)(H,35,39)/b16-11+;/t32-;/m1./s1. The van der Waals surface area contributed by atoms with Gasteiger partial charge in [-0.15, -0.1) is 0 Å². The number of hydrogen-bond donors (Lipinski definition) is 8. The molecule has 8 amide bonds. The number of amides is 8. The molecule has 0 radical (unpaired) electrons. The molecule has 0 bridgehead atoms. The van der Waals surface area contributed by atoms with Crippen molar-refractivity contribution in [1.29, 1.82) is 0 Å². The topological polar surface area (TPSA) is 236 Å². The van der Waals surface area contributed by atoms with Gasteiger partial charge in [0, 0.05) is 81.6 Å². The first-order valence-corrected chi connectivity index (χ1v) is 29.1. The Labute approximate surface area is 510 Å². The lowest BCUT2D eigenvalue weighted by molar-refractivity contribution is -0.112. The Kier molecular flexibility index (Phi) is 20.4. The zero-order valence-corrected chi connectivity index (χ0v) is 51.3.